The molecule has 0 fully saturated rings. The molecule has 6 heteroatoms. The van der Waals surface area contributed by atoms with Crippen molar-refractivity contribution >= 4 is 11.7 Å². The Morgan fingerprint density at radius 1 is 1.27 bits per heavy atom. The van der Waals surface area contributed by atoms with E-state index in [4.69, 9.17) is 15.3 Å². The van der Waals surface area contributed by atoms with Gasteiger partial charge in [-0.1, -0.05) is 0 Å². The molecule has 1 aromatic rings. The third-order valence-electron chi connectivity index (χ3n) is 1.87. The van der Waals surface area contributed by atoms with Gasteiger partial charge in [0, 0.05) is 0 Å². The Balaban J connectivity index is 2.97. The second-order valence-corrected chi connectivity index (χ2v) is 3.03. The molecule has 1 aromatic carbocycles. The number of rotatable bonds is 3. The van der Waals surface area contributed by atoms with Crippen LogP contribution in [0, 0.1) is 0 Å². The minimum absolute atomic E-state index is 0.0419. The summed E-state index contributed by atoms with van der Waals surface area (Å²) >= 11 is 0. The van der Waals surface area contributed by atoms with Crippen molar-refractivity contribution in [3.63, 3.8) is 0 Å². The largest absolute Gasteiger partial charge is 0.504 e. The van der Waals surface area contributed by atoms with E-state index in [1.165, 1.54) is 13.0 Å². The molecule has 1 atom stereocenters. The first-order valence-electron chi connectivity index (χ1n) is 4.16. The fourth-order valence-corrected chi connectivity index (χ4v) is 0.980. The third kappa shape index (κ3) is 2.22. The van der Waals surface area contributed by atoms with Gasteiger partial charge >= 0.3 is 5.97 Å². The number of aromatic hydroxyl groups is 3. The van der Waals surface area contributed by atoms with E-state index < -0.39 is 29.3 Å². The number of anilines is 1. The Bertz CT molecular complexity index is 390. The Labute approximate surface area is 85.4 Å². The number of aliphatic carboxylic acids is 1. The molecule has 0 amide bonds. The third-order valence-corrected chi connectivity index (χ3v) is 1.87. The first kappa shape index (κ1) is 11.0. The zero-order chi connectivity index (χ0) is 11.6. The summed E-state index contributed by atoms with van der Waals surface area (Å²) in [6.07, 6.45) is 0. The first-order chi connectivity index (χ1) is 6.93. The van der Waals surface area contributed by atoms with Crippen LogP contribution in [0.2, 0.25) is 0 Å². The number of carboxylic acid groups (broad SMARTS) is 1. The summed E-state index contributed by atoms with van der Waals surface area (Å²) in [5, 5.41) is 38.6. The van der Waals surface area contributed by atoms with Crippen LogP contribution in [0.1, 0.15) is 6.92 Å². The monoisotopic (exact) mass is 213 g/mol. The highest BCUT2D eigenvalue weighted by Gasteiger charge is 2.15. The molecule has 0 aromatic heterocycles. The van der Waals surface area contributed by atoms with Gasteiger partial charge in [-0.25, -0.2) is 0 Å². The molecule has 0 spiro atoms. The Morgan fingerprint density at radius 2 is 1.87 bits per heavy atom. The fraction of sp³-hybridized carbons (Fsp3) is 0.222. The molecule has 0 heterocycles. The number of phenolic OH excluding ortho intramolecular Hbond substituents is 3. The zero-order valence-electron chi connectivity index (χ0n) is 7.93. The molecule has 5 N–H and O–H groups in total. The standard InChI is InChI=1S/C9H11NO5/c1-4(9(14)15)10-5-2-3-6(11)8(13)7(5)12/h2-4,10-13H,1H3,(H,14,15). The fourth-order valence-electron chi connectivity index (χ4n) is 0.980. The molecule has 0 radical (unpaired) electrons. The SMILES string of the molecule is CC(Nc1ccc(O)c(O)c1O)C(=O)O. The van der Waals surface area contributed by atoms with E-state index >= 15 is 0 Å². The second-order valence-electron chi connectivity index (χ2n) is 3.03. The number of carboxylic acids is 1. The predicted octanol–water partition coefficient (Wildman–Crippen LogP) is 0.688. The molecule has 15 heavy (non-hydrogen) atoms. The molecule has 0 aliphatic rings. The molecule has 6 nitrogen and oxygen atoms in total. The zero-order valence-corrected chi connectivity index (χ0v) is 7.93. The molecule has 1 rings (SSSR count). The first-order valence-corrected chi connectivity index (χ1v) is 4.16. The van der Waals surface area contributed by atoms with Crippen molar-refractivity contribution in [1.82, 2.24) is 0 Å². The van der Waals surface area contributed by atoms with Crippen LogP contribution in [-0.4, -0.2) is 32.4 Å². The lowest BCUT2D eigenvalue weighted by atomic mass is 10.2. The lowest BCUT2D eigenvalue weighted by Gasteiger charge is -2.13. The predicted molar refractivity (Wildman–Crippen MR) is 52.2 cm³/mol. The van der Waals surface area contributed by atoms with Gasteiger partial charge in [0.25, 0.3) is 0 Å². The smallest absolute Gasteiger partial charge is 0.325 e. The van der Waals surface area contributed by atoms with Crippen molar-refractivity contribution in [1.29, 1.82) is 0 Å². The molecule has 0 saturated heterocycles. The number of nitrogens with one attached hydrogen (secondary N) is 1. The highest BCUT2D eigenvalue weighted by Crippen LogP contribution is 2.40. The molecule has 0 bridgehead atoms. The minimum Gasteiger partial charge on any atom is -0.504 e. The number of phenols is 3. The van der Waals surface area contributed by atoms with Crippen molar-refractivity contribution in [2.45, 2.75) is 13.0 Å². The van der Waals surface area contributed by atoms with Crippen molar-refractivity contribution in [2.75, 3.05) is 5.32 Å². The lowest BCUT2D eigenvalue weighted by Crippen LogP contribution is -2.25. The molecule has 82 valence electrons. The van der Waals surface area contributed by atoms with Crippen LogP contribution in [0.3, 0.4) is 0 Å². The van der Waals surface area contributed by atoms with E-state index in [1.807, 2.05) is 0 Å². The van der Waals surface area contributed by atoms with Crippen LogP contribution in [0.5, 0.6) is 17.2 Å². The van der Waals surface area contributed by atoms with Gasteiger partial charge in [0.1, 0.15) is 6.04 Å². The van der Waals surface area contributed by atoms with Crippen molar-refractivity contribution in [2.24, 2.45) is 0 Å². The van der Waals surface area contributed by atoms with Gasteiger partial charge in [-0.3, -0.25) is 4.79 Å². The Hall–Kier alpha value is -2.11. The highest BCUT2D eigenvalue weighted by atomic mass is 16.4. The van der Waals surface area contributed by atoms with E-state index in [2.05, 4.69) is 5.32 Å². The van der Waals surface area contributed by atoms with Gasteiger partial charge in [-0.05, 0) is 19.1 Å². The van der Waals surface area contributed by atoms with Crippen molar-refractivity contribution in [3.8, 4) is 17.2 Å². The average Bonchev–Trinajstić information content (AvgIpc) is 2.18. The van der Waals surface area contributed by atoms with E-state index in [1.54, 1.807) is 0 Å². The van der Waals surface area contributed by atoms with E-state index in [-0.39, 0.29) is 5.69 Å². The molecule has 0 aliphatic heterocycles. The number of carbonyl (C=O) groups is 1. The van der Waals surface area contributed by atoms with Gasteiger partial charge in [0.05, 0.1) is 5.69 Å². The Kier molecular flexibility index (Phi) is 2.89. The molecular formula is C9H11NO5. The maximum absolute atomic E-state index is 10.5. The van der Waals surface area contributed by atoms with E-state index in [9.17, 15) is 9.90 Å². The molecule has 0 saturated carbocycles. The van der Waals surface area contributed by atoms with Gasteiger partial charge in [0.15, 0.2) is 11.5 Å². The van der Waals surface area contributed by atoms with Crippen LogP contribution < -0.4 is 5.32 Å². The van der Waals surface area contributed by atoms with Gasteiger partial charge in [0.2, 0.25) is 5.75 Å². The topological polar surface area (TPSA) is 110 Å². The average molecular weight is 213 g/mol. The summed E-state index contributed by atoms with van der Waals surface area (Å²) in [6.45, 7) is 1.38. The molecular weight excluding hydrogens is 202 g/mol. The van der Waals surface area contributed by atoms with Gasteiger partial charge in [-0.15, -0.1) is 0 Å². The summed E-state index contributed by atoms with van der Waals surface area (Å²) < 4.78 is 0. The highest BCUT2D eigenvalue weighted by molar-refractivity contribution is 5.78. The van der Waals surface area contributed by atoms with E-state index in [0.717, 1.165) is 6.07 Å². The second kappa shape index (κ2) is 3.95. The van der Waals surface area contributed by atoms with Crippen LogP contribution in [-0.2, 0) is 4.79 Å². The van der Waals surface area contributed by atoms with Crippen LogP contribution >= 0.6 is 0 Å². The lowest BCUT2D eigenvalue weighted by molar-refractivity contribution is -0.137. The van der Waals surface area contributed by atoms with E-state index in [0.29, 0.717) is 0 Å². The molecule has 1 unspecified atom stereocenters. The summed E-state index contributed by atoms with van der Waals surface area (Å²) in [5.41, 5.74) is 0.0419. The van der Waals surface area contributed by atoms with Crippen molar-refractivity contribution < 1.29 is 25.2 Å². The minimum atomic E-state index is -1.10. The normalized spacial score (nSPS) is 12.1. The maximum atomic E-state index is 10.5. The summed E-state index contributed by atoms with van der Waals surface area (Å²) in [5.74, 6) is -2.83. The summed E-state index contributed by atoms with van der Waals surface area (Å²) in [4.78, 5) is 10.5. The number of hydrogen-bond acceptors (Lipinski definition) is 5. The van der Waals surface area contributed by atoms with Crippen LogP contribution in [0.25, 0.3) is 0 Å². The van der Waals surface area contributed by atoms with Gasteiger partial charge < -0.3 is 25.7 Å². The van der Waals surface area contributed by atoms with Crippen molar-refractivity contribution in [3.05, 3.63) is 12.1 Å². The molecule has 0 aliphatic carbocycles. The quantitative estimate of drug-likeness (QED) is 0.373. The van der Waals surface area contributed by atoms with Crippen LogP contribution in [0.15, 0.2) is 12.1 Å². The summed E-state index contributed by atoms with van der Waals surface area (Å²) in [7, 11) is 0. The maximum Gasteiger partial charge on any atom is 0.325 e. The number of benzene rings is 1. The van der Waals surface area contributed by atoms with Gasteiger partial charge in [-0.2, -0.15) is 0 Å². The number of hydrogen-bond donors (Lipinski definition) is 5. The van der Waals surface area contributed by atoms with Crippen LogP contribution in [0.4, 0.5) is 5.69 Å². The summed E-state index contributed by atoms with van der Waals surface area (Å²) in [6, 6.07) is 1.50. The Morgan fingerprint density at radius 3 is 2.40 bits per heavy atom.